The van der Waals surface area contributed by atoms with E-state index in [-0.39, 0.29) is 35.6 Å². The number of nitrogens with one attached hydrogen (secondary N) is 1. The normalized spacial score (nSPS) is 15.4. The lowest BCUT2D eigenvalue weighted by molar-refractivity contribution is -0.134. The summed E-state index contributed by atoms with van der Waals surface area (Å²) in [6.45, 7) is 0.884. The predicted molar refractivity (Wildman–Crippen MR) is 97.8 cm³/mol. The smallest absolute Gasteiger partial charge is 0.240 e. The number of ether oxygens (including phenoxy) is 2. The molecule has 3 N–H and O–H groups in total. The Hall–Kier alpha value is -2.33. The van der Waals surface area contributed by atoms with E-state index >= 15 is 0 Å². The minimum absolute atomic E-state index is 0.0226. The number of likely N-dealkylation sites (tertiary alicyclic amines) is 1. The second-order valence-electron chi connectivity index (χ2n) is 6.22. The number of sulfonamides is 1. The Kier molecular flexibility index (Phi) is 7.03. The first-order chi connectivity index (χ1) is 12.8. The zero-order valence-corrected chi connectivity index (χ0v) is 16.3. The van der Waals surface area contributed by atoms with E-state index in [1.807, 2.05) is 0 Å². The van der Waals surface area contributed by atoms with Gasteiger partial charge in [-0.3, -0.25) is 9.59 Å². The first-order valence-corrected chi connectivity index (χ1v) is 10.1. The molecule has 9 nitrogen and oxygen atoms in total. The van der Waals surface area contributed by atoms with Gasteiger partial charge < -0.3 is 20.1 Å². The lowest BCUT2D eigenvalue weighted by Crippen LogP contribution is -2.42. The largest absolute Gasteiger partial charge is 0.493 e. The molecule has 0 spiro atoms. The van der Waals surface area contributed by atoms with Crippen molar-refractivity contribution in [2.45, 2.75) is 24.2 Å². The van der Waals surface area contributed by atoms with Gasteiger partial charge in [0, 0.05) is 38.0 Å². The number of hydrogen-bond acceptors (Lipinski definition) is 6. The number of nitrogens with zero attached hydrogens (tertiary/aromatic N) is 1. The molecule has 0 atom stereocenters. The third-order valence-electron chi connectivity index (χ3n) is 4.55. The van der Waals surface area contributed by atoms with E-state index in [9.17, 15) is 18.0 Å². The van der Waals surface area contributed by atoms with Crippen LogP contribution in [-0.4, -0.2) is 59.0 Å². The Balaban J connectivity index is 1.89. The summed E-state index contributed by atoms with van der Waals surface area (Å²) in [5, 5.41) is 0. The number of carbonyl (C=O) groups excluding carboxylic acids is 2. The summed E-state index contributed by atoms with van der Waals surface area (Å²) in [5.74, 6) is 0.0232. The Morgan fingerprint density at radius 2 is 1.81 bits per heavy atom. The zero-order valence-electron chi connectivity index (χ0n) is 15.4. The predicted octanol–water partition coefficient (Wildman–Crippen LogP) is 0.0961. The van der Waals surface area contributed by atoms with Crippen LogP contribution >= 0.6 is 0 Å². The summed E-state index contributed by atoms with van der Waals surface area (Å²) in [6, 6.07) is 4.26. The van der Waals surface area contributed by atoms with Crippen molar-refractivity contribution in [3.05, 3.63) is 18.2 Å². The van der Waals surface area contributed by atoms with Gasteiger partial charge >= 0.3 is 0 Å². The van der Waals surface area contributed by atoms with Gasteiger partial charge in [-0.1, -0.05) is 0 Å². The second kappa shape index (κ2) is 9.05. The SMILES string of the molecule is COc1ccc(S(=O)(=O)NCCC(=O)N2CCC(C(N)=O)CC2)cc1OC. The Labute approximate surface area is 158 Å². The minimum atomic E-state index is -3.78. The van der Waals surface area contributed by atoms with Gasteiger partial charge in [0.15, 0.2) is 11.5 Å². The van der Waals surface area contributed by atoms with Crippen LogP contribution in [0.25, 0.3) is 0 Å². The van der Waals surface area contributed by atoms with Gasteiger partial charge in [-0.2, -0.15) is 0 Å². The van der Waals surface area contributed by atoms with Crippen LogP contribution in [0.4, 0.5) is 0 Å². The molecule has 0 unspecified atom stereocenters. The van der Waals surface area contributed by atoms with Crippen molar-refractivity contribution in [2.24, 2.45) is 11.7 Å². The fourth-order valence-corrected chi connectivity index (χ4v) is 3.98. The molecule has 2 amide bonds. The van der Waals surface area contributed by atoms with Crippen molar-refractivity contribution in [2.75, 3.05) is 33.9 Å². The van der Waals surface area contributed by atoms with Gasteiger partial charge in [-0.25, -0.2) is 13.1 Å². The van der Waals surface area contributed by atoms with Crippen molar-refractivity contribution in [3.8, 4) is 11.5 Å². The lowest BCUT2D eigenvalue weighted by atomic mass is 9.96. The Bertz CT molecular complexity index is 788. The molecule has 1 fully saturated rings. The van der Waals surface area contributed by atoms with E-state index in [1.54, 1.807) is 4.90 Å². The molecule has 1 heterocycles. The number of amides is 2. The topological polar surface area (TPSA) is 128 Å². The molecular formula is C17H25N3O6S. The van der Waals surface area contributed by atoms with Crippen LogP contribution in [0.2, 0.25) is 0 Å². The highest BCUT2D eigenvalue weighted by Gasteiger charge is 2.26. The summed E-state index contributed by atoms with van der Waals surface area (Å²) < 4.78 is 37.4. The fourth-order valence-electron chi connectivity index (χ4n) is 2.93. The monoisotopic (exact) mass is 399 g/mol. The molecule has 0 aromatic heterocycles. The average molecular weight is 399 g/mol. The molecule has 10 heteroatoms. The average Bonchev–Trinajstić information content (AvgIpc) is 2.67. The summed E-state index contributed by atoms with van der Waals surface area (Å²) in [6.07, 6.45) is 1.12. The van der Waals surface area contributed by atoms with E-state index in [1.165, 1.54) is 32.4 Å². The maximum absolute atomic E-state index is 12.4. The van der Waals surface area contributed by atoms with Gasteiger partial charge in [0.2, 0.25) is 21.8 Å². The number of methoxy groups -OCH3 is 2. The number of benzene rings is 1. The van der Waals surface area contributed by atoms with Crippen molar-refractivity contribution in [1.82, 2.24) is 9.62 Å². The van der Waals surface area contributed by atoms with Crippen molar-refractivity contribution in [3.63, 3.8) is 0 Å². The Morgan fingerprint density at radius 3 is 2.37 bits per heavy atom. The molecule has 1 aliphatic heterocycles. The number of carbonyl (C=O) groups is 2. The molecule has 150 valence electrons. The van der Waals surface area contributed by atoms with E-state index in [0.29, 0.717) is 37.4 Å². The molecule has 0 aliphatic carbocycles. The third-order valence-corrected chi connectivity index (χ3v) is 6.00. The molecule has 0 bridgehead atoms. The number of nitrogens with two attached hydrogens (primary N) is 1. The second-order valence-corrected chi connectivity index (χ2v) is 7.99. The van der Waals surface area contributed by atoms with Crippen LogP contribution in [0, 0.1) is 5.92 Å². The van der Waals surface area contributed by atoms with Crippen LogP contribution in [-0.2, 0) is 19.6 Å². The highest BCUT2D eigenvalue weighted by atomic mass is 32.2. The maximum Gasteiger partial charge on any atom is 0.240 e. The zero-order chi connectivity index (χ0) is 20.0. The third kappa shape index (κ3) is 5.33. The van der Waals surface area contributed by atoms with Gasteiger partial charge in [-0.05, 0) is 25.0 Å². The number of hydrogen-bond donors (Lipinski definition) is 2. The van der Waals surface area contributed by atoms with Gasteiger partial charge in [0.1, 0.15) is 0 Å². The van der Waals surface area contributed by atoms with Gasteiger partial charge in [-0.15, -0.1) is 0 Å². The van der Waals surface area contributed by atoms with Crippen molar-refractivity contribution in [1.29, 1.82) is 0 Å². The minimum Gasteiger partial charge on any atom is -0.493 e. The van der Waals surface area contributed by atoms with Crippen molar-refractivity contribution < 1.29 is 27.5 Å². The molecule has 0 radical (unpaired) electrons. The highest BCUT2D eigenvalue weighted by Crippen LogP contribution is 2.29. The maximum atomic E-state index is 12.4. The fraction of sp³-hybridized carbons (Fsp3) is 0.529. The first-order valence-electron chi connectivity index (χ1n) is 8.57. The molecular weight excluding hydrogens is 374 g/mol. The van der Waals surface area contributed by atoms with E-state index in [0.717, 1.165) is 0 Å². The number of primary amides is 1. The molecule has 1 saturated heterocycles. The summed E-state index contributed by atoms with van der Waals surface area (Å²) in [7, 11) is -0.903. The molecule has 2 rings (SSSR count). The van der Waals surface area contributed by atoms with E-state index in [2.05, 4.69) is 4.72 Å². The Morgan fingerprint density at radius 1 is 1.19 bits per heavy atom. The summed E-state index contributed by atoms with van der Waals surface area (Å²) in [4.78, 5) is 25.0. The standard InChI is InChI=1S/C17H25N3O6S/c1-25-14-4-3-13(11-15(14)26-2)27(23,24)19-8-5-16(21)20-9-6-12(7-10-20)17(18)22/h3-4,11-12,19H,5-10H2,1-2H3,(H2,18,22). The van der Waals surface area contributed by atoms with Crippen LogP contribution in [0.5, 0.6) is 11.5 Å². The molecule has 1 aromatic carbocycles. The first kappa shape index (κ1) is 21.0. The van der Waals surface area contributed by atoms with Crippen LogP contribution in [0.1, 0.15) is 19.3 Å². The summed E-state index contributed by atoms with van der Waals surface area (Å²) in [5.41, 5.74) is 5.28. The lowest BCUT2D eigenvalue weighted by Gasteiger charge is -2.30. The molecule has 0 saturated carbocycles. The highest BCUT2D eigenvalue weighted by molar-refractivity contribution is 7.89. The number of rotatable bonds is 8. The number of piperidine rings is 1. The van der Waals surface area contributed by atoms with Crippen LogP contribution < -0.4 is 19.9 Å². The van der Waals surface area contributed by atoms with Gasteiger partial charge in [0.25, 0.3) is 0 Å². The van der Waals surface area contributed by atoms with Gasteiger partial charge in [0.05, 0.1) is 19.1 Å². The summed E-state index contributed by atoms with van der Waals surface area (Å²) >= 11 is 0. The molecule has 1 aromatic rings. The van der Waals surface area contributed by atoms with Crippen LogP contribution in [0.15, 0.2) is 23.1 Å². The molecule has 1 aliphatic rings. The van der Waals surface area contributed by atoms with Crippen LogP contribution in [0.3, 0.4) is 0 Å². The quantitative estimate of drug-likeness (QED) is 0.638. The van der Waals surface area contributed by atoms with Crippen molar-refractivity contribution >= 4 is 21.8 Å². The molecule has 27 heavy (non-hydrogen) atoms. The van der Waals surface area contributed by atoms with E-state index < -0.39 is 10.0 Å². The van der Waals surface area contributed by atoms with E-state index in [4.69, 9.17) is 15.2 Å².